The number of para-hydroxylation sites is 2. The number of nitrogens with one attached hydrogen (secondary N) is 2. The van der Waals surface area contributed by atoms with Crippen molar-refractivity contribution < 1.29 is 14.2 Å². The van der Waals surface area contributed by atoms with Crippen LogP contribution in [0.25, 0.3) is 0 Å². The first-order chi connectivity index (χ1) is 15.3. The lowest BCUT2D eigenvalue weighted by Gasteiger charge is -2.26. The molecule has 2 aliphatic rings. The Morgan fingerprint density at radius 3 is 2.69 bits per heavy atom. The van der Waals surface area contributed by atoms with E-state index in [1.54, 1.807) is 7.05 Å². The Kier molecular flexibility index (Phi) is 9.89. The highest BCUT2D eigenvalue weighted by Gasteiger charge is 2.22. The number of halogens is 1. The van der Waals surface area contributed by atoms with Gasteiger partial charge in [-0.1, -0.05) is 36.4 Å². The lowest BCUT2D eigenvalue weighted by atomic mass is 10.1. The molecule has 32 heavy (non-hydrogen) atoms. The summed E-state index contributed by atoms with van der Waals surface area (Å²) >= 11 is 0. The fourth-order valence-corrected chi connectivity index (χ4v) is 3.88. The van der Waals surface area contributed by atoms with Gasteiger partial charge in [-0.15, -0.1) is 24.0 Å². The van der Waals surface area contributed by atoms with E-state index in [0.29, 0.717) is 19.7 Å². The van der Waals surface area contributed by atoms with Crippen LogP contribution in [-0.2, 0) is 17.7 Å². The maximum atomic E-state index is 6.08. The second kappa shape index (κ2) is 12.9. The van der Waals surface area contributed by atoms with E-state index in [0.717, 1.165) is 62.3 Å². The number of morpholine rings is 1. The Hall–Kier alpha value is -2.04. The van der Waals surface area contributed by atoms with E-state index in [4.69, 9.17) is 14.2 Å². The second-order valence-corrected chi connectivity index (χ2v) is 7.77. The van der Waals surface area contributed by atoms with Gasteiger partial charge in [-0.2, -0.15) is 0 Å². The smallest absolute Gasteiger partial charge is 0.191 e. The molecule has 0 radical (unpaired) electrons. The van der Waals surface area contributed by atoms with Crippen LogP contribution in [0.4, 0.5) is 0 Å². The van der Waals surface area contributed by atoms with Gasteiger partial charge in [-0.05, 0) is 17.7 Å². The number of aliphatic imine (C=N–C) groups is 1. The quantitative estimate of drug-likeness (QED) is 0.299. The largest absolute Gasteiger partial charge is 0.492 e. The third kappa shape index (κ3) is 6.98. The number of fused-ring (bicyclic) bond motifs is 1. The average molecular weight is 552 g/mol. The van der Waals surface area contributed by atoms with E-state index in [1.807, 2.05) is 30.3 Å². The lowest BCUT2D eigenvalue weighted by molar-refractivity contribution is 0.0322. The van der Waals surface area contributed by atoms with E-state index in [2.05, 4.69) is 38.7 Å². The van der Waals surface area contributed by atoms with Crippen LogP contribution in [0.2, 0.25) is 0 Å². The van der Waals surface area contributed by atoms with E-state index < -0.39 is 0 Å². The van der Waals surface area contributed by atoms with Crippen LogP contribution in [0.15, 0.2) is 53.5 Å². The zero-order chi connectivity index (χ0) is 21.3. The van der Waals surface area contributed by atoms with Crippen molar-refractivity contribution in [2.24, 2.45) is 4.99 Å². The first-order valence-electron chi connectivity index (χ1n) is 11.0. The number of nitrogens with zero attached hydrogens (tertiary/aromatic N) is 2. The lowest BCUT2D eigenvalue weighted by Crippen LogP contribution is -2.42. The van der Waals surface area contributed by atoms with Gasteiger partial charge < -0.3 is 24.8 Å². The Morgan fingerprint density at radius 1 is 1.09 bits per heavy atom. The molecule has 4 rings (SSSR count). The van der Waals surface area contributed by atoms with Gasteiger partial charge in [0.25, 0.3) is 0 Å². The highest BCUT2D eigenvalue weighted by molar-refractivity contribution is 14.0. The molecule has 7 nitrogen and oxygen atoms in total. The molecule has 2 aliphatic heterocycles. The summed E-state index contributed by atoms with van der Waals surface area (Å²) in [5.74, 6) is 2.65. The molecule has 2 heterocycles. The van der Waals surface area contributed by atoms with Gasteiger partial charge in [0.2, 0.25) is 0 Å². The fraction of sp³-hybridized carbons (Fsp3) is 0.458. The predicted molar refractivity (Wildman–Crippen MR) is 137 cm³/mol. The van der Waals surface area contributed by atoms with Crippen LogP contribution in [0, 0.1) is 0 Å². The maximum Gasteiger partial charge on any atom is 0.191 e. The second-order valence-electron chi connectivity index (χ2n) is 7.77. The van der Waals surface area contributed by atoms with E-state index in [9.17, 15) is 0 Å². The molecule has 1 saturated heterocycles. The van der Waals surface area contributed by atoms with Crippen LogP contribution in [0.1, 0.15) is 11.1 Å². The fourth-order valence-electron chi connectivity index (χ4n) is 3.88. The molecule has 0 bridgehead atoms. The molecule has 2 aromatic carbocycles. The molecule has 1 unspecified atom stereocenters. The van der Waals surface area contributed by atoms with Crippen molar-refractivity contribution in [3.05, 3.63) is 59.7 Å². The molecule has 1 atom stereocenters. The van der Waals surface area contributed by atoms with Crippen molar-refractivity contribution in [2.45, 2.75) is 19.1 Å². The minimum absolute atomic E-state index is 0. The van der Waals surface area contributed by atoms with E-state index >= 15 is 0 Å². The molecule has 2 aromatic rings. The number of guanidine groups is 1. The summed E-state index contributed by atoms with van der Waals surface area (Å²) in [5.41, 5.74) is 2.37. The topological polar surface area (TPSA) is 67.4 Å². The number of ether oxygens (including phenoxy) is 3. The Bertz CT molecular complexity index is 849. The van der Waals surface area contributed by atoms with Crippen molar-refractivity contribution in [2.75, 3.05) is 53.0 Å². The third-order valence-electron chi connectivity index (χ3n) is 5.62. The molecule has 1 fully saturated rings. The van der Waals surface area contributed by atoms with Gasteiger partial charge in [-0.3, -0.25) is 9.89 Å². The van der Waals surface area contributed by atoms with Gasteiger partial charge in [0.1, 0.15) is 24.2 Å². The van der Waals surface area contributed by atoms with Crippen LogP contribution in [0.3, 0.4) is 0 Å². The molecule has 2 N–H and O–H groups in total. The van der Waals surface area contributed by atoms with Gasteiger partial charge in [-0.25, -0.2) is 0 Å². The summed E-state index contributed by atoms with van der Waals surface area (Å²) in [5, 5.41) is 6.76. The van der Waals surface area contributed by atoms with Gasteiger partial charge in [0.15, 0.2) is 5.96 Å². The monoisotopic (exact) mass is 552 g/mol. The van der Waals surface area contributed by atoms with Crippen LogP contribution in [-0.4, -0.2) is 70.0 Å². The summed E-state index contributed by atoms with van der Waals surface area (Å²) in [6.07, 6.45) is 1.03. The molecular formula is C24H33IN4O3. The summed E-state index contributed by atoms with van der Waals surface area (Å²) in [7, 11) is 1.78. The molecular weight excluding hydrogens is 519 g/mol. The van der Waals surface area contributed by atoms with Crippen molar-refractivity contribution in [1.82, 2.24) is 15.5 Å². The van der Waals surface area contributed by atoms with Crippen LogP contribution in [0.5, 0.6) is 11.5 Å². The van der Waals surface area contributed by atoms with E-state index in [1.165, 1.54) is 5.56 Å². The van der Waals surface area contributed by atoms with Crippen molar-refractivity contribution >= 4 is 29.9 Å². The van der Waals surface area contributed by atoms with Crippen molar-refractivity contribution in [3.8, 4) is 11.5 Å². The molecule has 0 aliphatic carbocycles. The van der Waals surface area contributed by atoms with Gasteiger partial charge >= 0.3 is 0 Å². The van der Waals surface area contributed by atoms with Crippen molar-refractivity contribution in [1.29, 1.82) is 0 Å². The highest BCUT2D eigenvalue weighted by atomic mass is 127. The molecule has 8 heteroatoms. The normalized spacial score (nSPS) is 18.3. The Morgan fingerprint density at radius 2 is 1.88 bits per heavy atom. The number of hydrogen-bond donors (Lipinski definition) is 2. The molecule has 0 amide bonds. The van der Waals surface area contributed by atoms with Crippen LogP contribution >= 0.6 is 24.0 Å². The number of rotatable bonds is 8. The van der Waals surface area contributed by atoms with Gasteiger partial charge in [0, 0.05) is 45.2 Å². The van der Waals surface area contributed by atoms with Crippen LogP contribution < -0.4 is 20.1 Å². The number of benzene rings is 2. The summed E-state index contributed by atoms with van der Waals surface area (Å²) in [6, 6.07) is 16.4. The molecule has 0 aromatic heterocycles. The zero-order valence-electron chi connectivity index (χ0n) is 18.6. The van der Waals surface area contributed by atoms with E-state index in [-0.39, 0.29) is 30.1 Å². The summed E-state index contributed by atoms with van der Waals surface area (Å²) in [6.45, 7) is 6.50. The minimum Gasteiger partial charge on any atom is -0.492 e. The standard InChI is InChI=1S/C24H32N4O3.HI/c1-25-24(27-18-21-16-19-6-2-5-9-23(19)31-21)26-17-20-7-3-4-8-22(20)30-15-12-28-10-13-29-14-11-28;/h2-9,21H,10-18H2,1H3,(H2,25,26,27);1H. The number of hydrogen-bond acceptors (Lipinski definition) is 5. The molecule has 174 valence electrons. The van der Waals surface area contributed by atoms with Crippen molar-refractivity contribution in [3.63, 3.8) is 0 Å². The zero-order valence-corrected chi connectivity index (χ0v) is 20.9. The first-order valence-corrected chi connectivity index (χ1v) is 11.0. The summed E-state index contributed by atoms with van der Waals surface area (Å²) in [4.78, 5) is 6.72. The molecule has 0 saturated carbocycles. The molecule has 0 spiro atoms. The SMILES string of the molecule is CN=C(NCc1ccccc1OCCN1CCOCC1)NCC1Cc2ccccc2O1.I. The minimum atomic E-state index is 0. The summed E-state index contributed by atoms with van der Waals surface area (Å²) < 4.78 is 17.5. The maximum absolute atomic E-state index is 6.08. The van der Waals surface area contributed by atoms with Gasteiger partial charge in [0.05, 0.1) is 19.8 Å². The predicted octanol–water partition coefficient (Wildman–Crippen LogP) is 2.68. The third-order valence-corrected chi connectivity index (χ3v) is 5.62. The first kappa shape index (κ1) is 24.6. The Labute approximate surface area is 207 Å². The highest BCUT2D eigenvalue weighted by Crippen LogP contribution is 2.27. The Balaban J connectivity index is 0.00000289. The average Bonchev–Trinajstić information content (AvgIpc) is 3.24.